The van der Waals surface area contributed by atoms with Crippen molar-refractivity contribution in [1.82, 2.24) is 15.0 Å². The number of hydrogen-bond acceptors (Lipinski definition) is 4. The maximum absolute atomic E-state index is 5.83. The second-order valence-corrected chi connectivity index (χ2v) is 7.62. The van der Waals surface area contributed by atoms with E-state index in [1.54, 1.807) is 12.4 Å². The number of benzene rings is 1. The van der Waals surface area contributed by atoms with Gasteiger partial charge in [-0.3, -0.25) is 9.97 Å². The number of nitrogens with zero attached hydrogens (tertiary/aromatic N) is 3. The molecule has 1 aromatic carbocycles. The molecule has 4 aromatic rings. The molecular formula is C25H22BrN3O. The Morgan fingerprint density at radius 3 is 1.83 bits per heavy atom. The fourth-order valence-electron chi connectivity index (χ4n) is 3.12. The van der Waals surface area contributed by atoms with E-state index in [4.69, 9.17) is 9.72 Å². The molecule has 0 radical (unpaired) electrons. The molecule has 0 aliphatic rings. The molecule has 0 saturated carbocycles. The van der Waals surface area contributed by atoms with Crippen LogP contribution in [0.1, 0.15) is 12.8 Å². The van der Waals surface area contributed by atoms with E-state index in [2.05, 4.69) is 50.2 Å². The van der Waals surface area contributed by atoms with Crippen molar-refractivity contribution in [3.05, 3.63) is 85.2 Å². The zero-order valence-corrected chi connectivity index (χ0v) is 18.1. The van der Waals surface area contributed by atoms with Gasteiger partial charge >= 0.3 is 0 Å². The molecule has 150 valence electrons. The third kappa shape index (κ3) is 5.10. The highest BCUT2D eigenvalue weighted by atomic mass is 79.9. The Hall–Kier alpha value is -3.05. The average molecular weight is 460 g/mol. The quantitative estimate of drug-likeness (QED) is 0.225. The zero-order valence-electron chi connectivity index (χ0n) is 16.5. The molecule has 0 unspecified atom stereocenters. The number of alkyl halides is 1. The van der Waals surface area contributed by atoms with Gasteiger partial charge in [0.05, 0.1) is 29.4 Å². The van der Waals surface area contributed by atoms with Gasteiger partial charge in [-0.15, -0.1) is 0 Å². The van der Waals surface area contributed by atoms with Gasteiger partial charge in [-0.2, -0.15) is 0 Å². The largest absolute Gasteiger partial charge is 0.494 e. The molecule has 0 bridgehead atoms. The third-order valence-electron chi connectivity index (χ3n) is 4.66. The fraction of sp³-hybridized carbons (Fsp3) is 0.160. The van der Waals surface area contributed by atoms with E-state index in [1.165, 1.54) is 0 Å². The smallest absolute Gasteiger partial charge is 0.119 e. The highest BCUT2D eigenvalue weighted by Gasteiger charge is 2.10. The molecule has 0 N–H and O–H groups in total. The summed E-state index contributed by atoms with van der Waals surface area (Å²) in [5.74, 6) is 0.886. The van der Waals surface area contributed by atoms with Crippen LogP contribution in [-0.4, -0.2) is 26.9 Å². The van der Waals surface area contributed by atoms with Gasteiger partial charge in [0.15, 0.2) is 0 Å². The first-order chi connectivity index (χ1) is 14.8. The van der Waals surface area contributed by atoms with Crippen LogP contribution in [-0.2, 0) is 0 Å². The summed E-state index contributed by atoms with van der Waals surface area (Å²) in [5, 5.41) is 1.01. The predicted octanol–water partition coefficient (Wildman–Crippen LogP) is 6.43. The summed E-state index contributed by atoms with van der Waals surface area (Å²) in [6, 6.07) is 24.0. The zero-order chi connectivity index (χ0) is 20.6. The van der Waals surface area contributed by atoms with Gasteiger partial charge in [0, 0.05) is 17.7 Å². The van der Waals surface area contributed by atoms with E-state index >= 15 is 0 Å². The molecule has 3 aromatic heterocycles. The first kappa shape index (κ1) is 20.2. The van der Waals surface area contributed by atoms with Crippen LogP contribution in [0.2, 0.25) is 0 Å². The number of ether oxygens (including phenoxy) is 1. The van der Waals surface area contributed by atoms with Crippen molar-refractivity contribution in [2.45, 2.75) is 12.8 Å². The summed E-state index contributed by atoms with van der Waals surface area (Å²) in [5.41, 5.74) is 5.48. The van der Waals surface area contributed by atoms with Crippen molar-refractivity contribution < 1.29 is 4.74 Å². The van der Waals surface area contributed by atoms with Crippen LogP contribution in [0.25, 0.3) is 33.9 Å². The van der Waals surface area contributed by atoms with Gasteiger partial charge in [0.25, 0.3) is 0 Å². The Morgan fingerprint density at radius 1 is 0.667 bits per heavy atom. The molecule has 4 nitrogen and oxygen atoms in total. The fourth-order valence-corrected chi connectivity index (χ4v) is 3.51. The maximum Gasteiger partial charge on any atom is 0.119 e. The van der Waals surface area contributed by atoms with E-state index < -0.39 is 0 Å². The van der Waals surface area contributed by atoms with Crippen LogP contribution in [0.4, 0.5) is 0 Å². The Kier molecular flexibility index (Phi) is 6.83. The molecule has 3 heterocycles. The molecule has 4 rings (SSSR count). The standard InChI is InChI=1S/C25H22BrN3O/c26-13-3-6-16-30-21-11-9-19(10-12-21)20-17-24(22-7-1-4-14-27-22)29-25(18-20)23-8-2-5-15-28-23/h1-2,4-5,7-12,14-15,17-18H,3,6,13,16H2. The van der Waals surface area contributed by atoms with E-state index in [9.17, 15) is 0 Å². The van der Waals surface area contributed by atoms with Gasteiger partial charge in [0.1, 0.15) is 5.75 Å². The van der Waals surface area contributed by atoms with Crippen LogP contribution in [0.15, 0.2) is 85.2 Å². The van der Waals surface area contributed by atoms with E-state index in [1.807, 2.05) is 48.5 Å². The number of hydrogen-bond donors (Lipinski definition) is 0. The van der Waals surface area contributed by atoms with Crippen molar-refractivity contribution >= 4 is 15.9 Å². The molecule has 0 amide bonds. The lowest BCUT2D eigenvalue weighted by Crippen LogP contribution is -1.97. The molecule has 0 spiro atoms. The topological polar surface area (TPSA) is 47.9 Å². The Bertz CT molecular complexity index is 1010. The third-order valence-corrected chi connectivity index (χ3v) is 5.23. The van der Waals surface area contributed by atoms with Crippen LogP contribution < -0.4 is 4.74 Å². The molecule has 0 aliphatic carbocycles. The molecule has 0 fully saturated rings. The number of halogens is 1. The van der Waals surface area contributed by atoms with Crippen LogP contribution in [0, 0.1) is 0 Å². The Balaban J connectivity index is 1.67. The Morgan fingerprint density at radius 2 is 1.30 bits per heavy atom. The minimum Gasteiger partial charge on any atom is -0.494 e. The van der Waals surface area contributed by atoms with Crippen molar-refractivity contribution in [2.24, 2.45) is 0 Å². The predicted molar refractivity (Wildman–Crippen MR) is 125 cm³/mol. The summed E-state index contributed by atoms with van der Waals surface area (Å²) >= 11 is 3.45. The van der Waals surface area contributed by atoms with Crippen LogP contribution in [0.5, 0.6) is 5.75 Å². The highest BCUT2D eigenvalue weighted by Crippen LogP contribution is 2.29. The molecule has 5 heteroatoms. The van der Waals surface area contributed by atoms with Crippen LogP contribution in [0.3, 0.4) is 0 Å². The van der Waals surface area contributed by atoms with Gasteiger partial charge in [-0.25, -0.2) is 4.98 Å². The van der Waals surface area contributed by atoms with Crippen molar-refractivity contribution in [3.63, 3.8) is 0 Å². The second-order valence-electron chi connectivity index (χ2n) is 6.83. The lowest BCUT2D eigenvalue weighted by atomic mass is 10.0. The lowest BCUT2D eigenvalue weighted by molar-refractivity contribution is 0.310. The summed E-state index contributed by atoms with van der Waals surface area (Å²) in [6.45, 7) is 0.730. The normalized spacial score (nSPS) is 10.7. The van der Waals surface area contributed by atoms with E-state index in [0.29, 0.717) is 0 Å². The van der Waals surface area contributed by atoms with Gasteiger partial charge in [-0.05, 0) is 72.5 Å². The first-order valence-corrected chi connectivity index (χ1v) is 11.1. The number of pyridine rings is 3. The minimum absolute atomic E-state index is 0.730. The number of aromatic nitrogens is 3. The average Bonchev–Trinajstić information content (AvgIpc) is 2.83. The summed E-state index contributed by atoms with van der Waals surface area (Å²) in [6.07, 6.45) is 5.72. The number of rotatable bonds is 8. The maximum atomic E-state index is 5.83. The van der Waals surface area contributed by atoms with Gasteiger partial charge in [0.2, 0.25) is 0 Å². The molecule has 0 saturated heterocycles. The molecule has 0 atom stereocenters. The van der Waals surface area contributed by atoms with Gasteiger partial charge in [-0.1, -0.05) is 40.2 Å². The van der Waals surface area contributed by atoms with Crippen LogP contribution >= 0.6 is 15.9 Å². The lowest BCUT2D eigenvalue weighted by Gasteiger charge is -2.10. The number of unbranched alkanes of at least 4 members (excludes halogenated alkanes) is 1. The van der Waals surface area contributed by atoms with Crippen molar-refractivity contribution in [1.29, 1.82) is 0 Å². The molecule has 30 heavy (non-hydrogen) atoms. The Labute approximate surface area is 185 Å². The van der Waals surface area contributed by atoms with E-state index in [-0.39, 0.29) is 0 Å². The monoisotopic (exact) mass is 459 g/mol. The van der Waals surface area contributed by atoms with Crippen molar-refractivity contribution in [2.75, 3.05) is 11.9 Å². The SMILES string of the molecule is BrCCCCOc1ccc(-c2cc(-c3ccccn3)nc(-c3ccccn3)c2)cc1. The first-order valence-electron chi connectivity index (χ1n) is 9.97. The van der Waals surface area contributed by atoms with Gasteiger partial charge < -0.3 is 4.74 Å². The van der Waals surface area contributed by atoms with Crippen molar-refractivity contribution in [3.8, 4) is 39.7 Å². The summed E-state index contributed by atoms with van der Waals surface area (Å²) in [4.78, 5) is 13.8. The highest BCUT2D eigenvalue weighted by molar-refractivity contribution is 9.09. The second kappa shape index (κ2) is 10.1. The minimum atomic E-state index is 0.730. The summed E-state index contributed by atoms with van der Waals surface area (Å²) < 4.78 is 5.83. The summed E-state index contributed by atoms with van der Waals surface area (Å²) in [7, 11) is 0. The van der Waals surface area contributed by atoms with E-state index in [0.717, 1.165) is 64.4 Å². The molecule has 0 aliphatic heterocycles. The molecular weight excluding hydrogens is 438 g/mol.